The largest absolute Gasteiger partial charge is 0.299 e. The molecule has 0 atom stereocenters. The van der Waals surface area contributed by atoms with E-state index in [4.69, 9.17) is 19.9 Å². The molecule has 0 aliphatic carbocycles. The van der Waals surface area contributed by atoms with Crippen LogP contribution in [0.5, 0.6) is 0 Å². The Kier molecular flexibility index (Phi) is 6.74. The minimum atomic E-state index is 0.643. The van der Waals surface area contributed by atoms with E-state index < -0.39 is 0 Å². The van der Waals surface area contributed by atoms with Crippen molar-refractivity contribution < 1.29 is 0 Å². The van der Waals surface area contributed by atoms with Gasteiger partial charge in [-0.2, -0.15) is 0 Å². The maximum atomic E-state index is 5.01. The van der Waals surface area contributed by atoms with E-state index in [0.29, 0.717) is 17.5 Å². The van der Waals surface area contributed by atoms with E-state index in [1.807, 2.05) is 84.9 Å². The van der Waals surface area contributed by atoms with Gasteiger partial charge in [0, 0.05) is 34.0 Å². The molecule has 0 aliphatic heterocycles. The molecule has 3 heterocycles. The molecule has 0 saturated heterocycles. The Morgan fingerprint density at radius 2 is 0.711 bits per heavy atom. The molecule has 8 aromatic rings. The van der Waals surface area contributed by atoms with E-state index in [9.17, 15) is 0 Å². The normalized spacial score (nSPS) is 11.1. The fourth-order valence-electron chi connectivity index (χ4n) is 5.64. The van der Waals surface area contributed by atoms with Crippen molar-refractivity contribution in [3.8, 4) is 67.8 Å². The minimum Gasteiger partial charge on any atom is -0.299 e. The number of benzene rings is 5. The Hall–Kier alpha value is -6.20. The van der Waals surface area contributed by atoms with E-state index in [1.165, 1.54) is 0 Å². The van der Waals surface area contributed by atoms with E-state index >= 15 is 0 Å². The smallest absolute Gasteiger partial charge is 0.164 e. The lowest BCUT2D eigenvalue weighted by Crippen LogP contribution is -2.00. The van der Waals surface area contributed by atoms with Gasteiger partial charge in [0.2, 0.25) is 0 Å². The second kappa shape index (κ2) is 11.5. The number of nitrogens with zero attached hydrogens (tertiary/aromatic N) is 5. The first-order chi connectivity index (χ1) is 22.3. The third-order valence-corrected chi connectivity index (χ3v) is 7.91. The van der Waals surface area contributed by atoms with Crippen LogP contribution in [0.15, 0.2) is 164 Å². The number of hydrogen-bond acceptors (Lipinski definition) is 4. The average Bonchev–Trinajstić information content (AvgIpc) is 3.52. The van der Waals surface area contributed by atoms with Gasteiger partial charge in [0.05, 0.1) is 11.4 Å². The van der Waals surface area contributed by atoms with E-state index in [-0.39, 0.29) is 0 Å². The topological polar surface area (TPSA) is 56.0 Å². The van der Waals surface area contributed by atoms with Gasteiger partial charge in [-0.05, 0) is 23.3 Å². The standard InChI is InChI=1S/C40H27N5/c1-4-12-31(13-5-1)37-36(41-35-18-10-11-27-45(35)37)30-23-19-28(20-24-30)29-21-25-34(26-22-29)40-43-38(32-14-6-2-7-15-32)42-39(44-40)33-16-8-3-9-17-33/h1-27H. The molecule has 5 heteroatoms. The van der Waals surface area contributed by atoms with Gasteiger partial charge in [-0.15, -0.1) is 0 Å². The number of hydrogen-bond donors (Lipinski definition) is 0. The monoisotopic (exact) mass is 577 g/mol. The van der Waals surface area contributed by atoms with Crippen LogP contribution in [-0.4, -0.2) is 24.3 Å². The van der Waals surface area contributed by atoms with E-state index in [1.54, 1.807) is 0 Å². The summed E-state index contributed by atoms with van der Waals surface area (Å²) in [6.45, 7) is 0. The van der Waals surface area contributed by atoms with Crippen LogP contribution in [-0.2, 0) is 0 Å². The summed E-state index contributed by atoms with van der Waals surface area (Å²) in [6.07, 6.45) is 2.07. The molecular weight excluding hydrogens is 550 g/mol. The summed E-state index contributed by atoms with van der Waals surface area (Å²) in [7, 11) is 0. The van der Waals surface area contributed by atoms with Crippen LogP contribution in [0.3, 0.4) is 0 Å². The quantitative estimate of drug-likeness (QED) is 0.197. The van der Waals surface area contributed by atoms with Crippen LogP contribution in [0.25, 0.3) is 73.5 Å². The van der Waals surface area contributed by atoms with Gasteiger partial charge in [-0.3, -0.25) is 4.40 Å². The van der Waals surface area contributed by atoms with Crippen LogP contribution in [0, 0.1) is 0 Å². The fraction of sp³-hybridized carbons (Fsp3) is 0. The molecule has 0 unspecified atom stereocenters. The lowest BCUT2D eigenvalue weighted by Gasteiger charge is -2.09. The van der Waals surface area contributed by atoms with Gasteiger partial charge >= 0.3 is 0 Å². The van der Waals surface area contributed by atoms with Gasteiger partial charge in [-0.1, -0.05) is 146 Å². The molecular formula is C40H27N5. The summed E-state index contributed by atoms with van der Waals surface area (Å²) in [6, 6.07) is 53.7. The van der Waals surface area contributed by atoms with Crippen molar-refractivity contribution in [1.82, 2.24) is 24.3 Å². The molecule has 0 spiro atoms. The summed E-state index contributed by atoms with van der Waals surface area (Å²) < 4.78 is 2.16. The Bertz CT molecular complexity index is 2170. The highest BCUT2D eigenvalue weighted by Gasteiger charge is 2.16. The summed E-state index contributed by atoms with van der Waals surface area (Å²) in [5.41, 5.74) is 10.3. The van der Waals surface area contributed by atoms with Gasteiger partial charge in [0.1, 0.15) is 5.65 Å². The molecule has 45 heavy (non-hydrogen) atoms. The van der Waals surface area contributed by atoms with Crippen molar-refractivity contribution in [1.29, 1.82) is 0 Å². The highest BCUT2D eigenvalue weighted by atomic mass is 15.0. The predicted octanol–water partition coefficient (Wildman–Crippen LogP) is 9.52. The molecule has 0 fully saturated rings. The SMILES string of the molecule is c1ccc(-c2nc(-c3ccccc3)nc(-c3ccc(-c4ccc(-c5nc6ccccn6c5-c5ccccc5)cc4)cc3)n2)cc1. The zero-order chi connectivity index (χ0) is 30.0. The number of fused-ring (bicyclic) bond motifs is 1. The van der Waals surface area contributed by atoms with Gasteiger partial charge in [0.25, 0.3) is 0 Å². The Labute approximate surface area is 261 Å². The molecule has 212 valence electrons. The number of aromatic nitrogens is 5. The maximum Gasteiger partial charge on any atom is 0.164 e. The number of rotatable bonds is 6. The third-order valence-electron chi connectivity index (χ3n) is 7.91. The molecule has 8 rings (SSSR count). The third kappa shape index (κ3) is 5.17. The van der Waals surface area contributed by atoms with Gasteiger partial charge in [-0.25, -0.2) is 19.9 Å². The molecule has 5 nitrogen and oxygen atoms in total. The molecule has 5 aromatic carbocycles. The van der Waals surface area contributed by atoms with Crippen molar-refractivity contribution in [2.45, 2.75) is 0 Å². The summed E-state index contributed by atoms with van der Waals surface area (Å²) in [5.74, 6) is 1.95. The average molecular weight is 578 g/mol. The van der Waals surface area contributed by atoms with Crippen molar-refractivity contribution >= 4 is 5.65 Å². The van der Waals surface area contributed by atoms with Crippen molar-refractivity contribution in [3.05, 3.63) is 164 Å². The first-order valence-electron chi connectivity index (χ1n) is 14.9. The van der Waals surface area contributed by atoms with Crippen LogP contribution in [0.4, 0.5) is 0 Å². The number of pyridine rings is 1. The Morgan fingerprint density at radius 3 is 1.22 bits per heavy atom. The predicted molar refractivity (Wildman–Crippen MR) is 181 cm³/mol. The first-order valence-corrected chi connectivity index (χ1v) is 14.9. The lowest BCUT2D eigenvalue weighted by molar-refractivity contribution is 1.07. The molecule has 0 radical (unpaired) electrons. The number of imidazole rings is 1. The molecule has 0 saturated carbocycles. The minimum absolute atomic E-state index is 0.643. The Morgan fingerprint density at radius 1 is 0.311 bits per heavy atom. The van der Waals surface area contributed by atoms with Crippen molar-refractivity contribution in [2.24, 2.45) is 0 Å². The van der Waals surface area contributed by atoms with Crippen molar-refractivity contribution in [2.75, 3.05) is 0 Å². The summed E-state index contributed by atoms with van der Waals surface area (Å²) >= 11 is 0. The van der Waals surface area contributed by atoms with Crippen LogP contribution < -0.4 is 0 Å². The maximum absolute atomic E-state index is 5.01. The first kappa shape index (κ1) is 26.4. The highest BCUT2D eigenvalue weighted by molar-refractivity contribution is 5.83. The molecule has 3 aromatic heterocycles. The van der Waals surface area contributed by atoms with Crippen LogP contribution in [0.2, 0.25) is 0 Å². The molecule has 0 amide bonds. The fourth-order valence-corrected chi connectivity index (χ4v) is 5.64. The zero-order valence-corrected chi connectivity index (χ0v) is 24.3. The second-order valence-electron chi connectivity index (χ2n) is 10.8. The van der Waals surface area contributed by atoms with E-state index in [0.717, 1.165) is 56.0 Å². The summed E-state index contributed by atoms with van der Waals surface area (Å²) in [5, 5.41) is 0. The Balaban J connectivity index is 1.13. The lowest BCUT2D eigenvalue weighted by atomic mass is 9.99. The van der Waals surface area contributed by atoms with Crippen LogP contribution >= 0.6 is 0 Å². The molecule has 0 bridgehead atoms. The van der Waals surface area contributed by atoms with E-state index in [2.05, 4.69) is 83.4 Å². The molecule has 0 aliphatic rings. The van der Waals surface area contributed by atoms with Crippen LogP contribution in [0.1, 0.15) is 0 Å². The highest BCUT2D eigenvalue weighted by Crippen LogP contribution is 2.34. The second-order valence-corrected chi connectivity index (χ2v) is 10.8. The summed E-state index contributed by atoms with van der Waals surface area (Å²) in [4.78, 5) is 19.6. The van der Waals surface area contributed by atoms with Crippen molar-refractivity contribution in [3.63, 3.8) is 0 Å². The zero-order valence-electron chi connectivity index (χ0n) is 24.3. The van der Waals surface area contributed by atoms with Gasteiger partial charge < -0.3 is 0 Å². The van der Waals surface area contributed by atoms with Gasteiger partial charge in [0.15, 0.2) is 17.5 Å². The molecule has 0 N–H and O–H groups in total.